The van der Waals surface area contributed by atoms with Crippen LogP contribution in [-0.2, 0) is 19.8 Å². The van der Waals surface area contributed by atoms with Gasteiger partial charge in [0.2, 0.25) is 11.8 Å². The lowest BCUT2D eigenvalue weighted by Crippen LogP contribution is -2.57. The second kappa shape index (κ2) is 6.44. The molecule has 5 nitrogen and oxygen atoms in total. The smallest absolute Gasteiger partial charge is 0.319 e. The Balaban J connectivity index is 1.67. The van der Waals surface area contributed by atoms with Gasteiger partial charge in [-0.1, -0.05) is 71.7 Å². The highest BCUT2D eigenvalue weighted by Gasteiger charge is 2.71. The zero-order chi connectivity index (χ0) is 22.4. The molecule has 1 N–H and O–H groups in total. The fourth-order valence-corrected chi connectivity index (χ4v) is 6.53. The minimum Gasteiger partial charge on any atom is -0.480 e. The van der Waals surface area contributed by atoms with E-state index in [1.807, 2.05) is 24.3 Å². The summed E-state index contributed by atoms with van der Waals surface area (Å²) in [6.07, 6.45) is 0. The molecule has 158 valence electrons. The van der Waals surface area contributed by atoms with Crippen LogP contribution in [0.4, 0.5) is 5.69 Å². The van der Waals surface area contributed by atoms with Crippen molar-refractivity contribution in [3.05, 3.63) is 99.0 Å². The zero-order valence-electron chi connectivity index (χ0n) is 16.5. The minimum absolute atomic E-state index is 0.157. The molecule has 7 heteroatoms. The summed E-state index contributed by atoms with van der Waals surface area (Å²) in [5, 5.41) is 11.2. The molecule has 2 bridgehead atoms. The Morgan fingerprint density at radius 3 is 2.03 bits per heavy atom. The first-order chi connectivity index (χ1) is 15.4. The Morgan fingerprint density at radius 1 is 0.875 bits per heavy atom. The van der Waals surface area contributed by atoms with Gasteiger partial charge in [0.15, 0.2) is 0 Å². The number of hydrogen-bond acceptors (Lipinski definition) is 3. The van der Waals surface area contributed by atoms with E-state index in [0.717, 1.165) is 16.0 Å². The van der Waals surface area contributed by atoms with E-state index in [-0.39, 0.29) is 10.7 Å². The van der Waals surface area contributed by atoms with Gasteiger partial charge in [0.25, 0.3) is 0 Å². The predicted octanol–water partition coefficient (Wildman–Crippen LogP) is 4.63. The third-order valence-corrected chi connectivity index (χ3v) is 7.64. The number of anilines is 1. The van der Waals surface area contributed by atoms with E-state index in [0.29, 0.717) is 16.1 Å². The number of amides is 2. The summed E-state index contributed by atoms with van der Waals surface area (Å²) >= 11 is 12.4. The first kappa shape index (κ1) is 19.5. The molecule has 1 fully saturated rings. The van der Waals surface area contributed by atoms with Gasteiger partial charge in [-0.2, -0.15) is 0 Å². The molecule has 1 heterocycles. The lowest BCUT2D eigenvalue weighted by Gasteiger charge is -2.51. The molecule has 3 aliphatic carbocycles. The van der Waals surface area contributed by atoms with Gasteiger partial charge in [-0.05, 0) is 40.5 Å². The monoisotopic (exact) mass is 463 g/mol. The topological polar surface area (TPSA) is 74.7 Å². The van der Waals surface area contributed by atoms with Crippen LogP contribution in [0, 0.1) is 11.8 Å². The molecule has 2 atom stereocenters. The number of aliphatic carboxylic acids is 1. The summed E-state index contributed by atoms with van der Waals surface area (Å²) in [4.78, 5) is 41.8. The van der Waals surface area contributed by atoms with Crippen molar-refractivity contribution >= 4 is 46.7 Å². The number of carboxylic acids is 1. The molecule has 7 rings (SSSR count). The van der Waals surface area contributed by atoms with E-state index >= 15 is 0 Å². The van der Waals surface area contributed by atoms with Crippen molar-refractivity contribution in [1.82, 2.24) is 0 Å². The van der Waals surface area contributed by atoms with Gasteiger partial charge < -0.3 is 5.11 Å². The summed E-state index contributed by atoms with van der Waals surface area (Å²) in [7, 11) is 0. The van der Waals surface area contributed by atoms with Crippen LogP contribution in [0.5, 0.6) is 0 Å². The standard InChI is InChI=1S/C25H15Cl2NO4/c26-12-9-10-18(17(27)11-12)28-22(29)20-19-13-5-1-3-7-15(13)25(24(31)32,21(20)23(28)30)16-8-4-2-6-14(16)19/h1-11,19-21H,(H,31,32)/t19?,20-,21-,25?/m0/s1. The van der Waals surface area contributed by atoms with Gasteiger partial charge >= 0.3 is 5.97 Å². The zero-order valence-corrected chi connectivity index (χ0v) is 18.0. The maximum atomic E-state index is 13.9. The summed E-state index contributed by atoms with van der Waals surface area (Å²) in [5.74, 6) is -4.47. The van der Waals surface area contributed by atoms with E-state index < -0.39 is 41.0 Å². The van der Waals surface area contributed by atoms with Crippen LogP contribution in [0.25, 0.3) is 0 Å². The van der Waals surface area contributed by atoms with Gasteiger partial charge in [-0.25, -0.2) is 4.90 Å². The average Bonchev–Trinajstić information content (AvgIpc) is 3.05. The van der Waals surface area contributed by atoms with Crippen molar-refractivity contribution in [1.29, 1.82) is 0 Å². The number of halogens is 2. The van der Waals surface area contributed by atoms with Crippen LogP contribution in [0.15, 0.2) is 66.7 Å². The normalized spacial score (nSPS) is 27.2. The van der Waals surface area contributed by atoms with Crippen molar-refractivity contribution in [3.63, 3.8) is 0 Å². The largest absolute Gasteiger partial charge is 0.480 e. The SMILES string of the molecule is O=C1[C@@H]2[C@@H](C(=O)N1c1ccc(Cl)cc1Cl)C1c3ccccc3C2(C(=O)O)c2ccccc21. The number of carbonyl (C=O) groups is 3. The van der Waals surface area contributed by atoms with E-state index in [1.165, 1.54) is 12.1 Å². The Bertz CT molecular complexity index is 1320. The first-order valence-corrected chi connectivity index (χ1v) is 10.9. The maximum absolute atomic E-state index is 13.9. The molecular weight excluding hydrogens is 449 g/mol. The van der Waals surface area contributed by atoms with Crippen molar-refractivity contribution in [2.45, 2.75) is 11.3 Å². The molecule has 1 saturated heterocycles. The number of rotatable bonds is 2. The third kappa shape index (κ3) is 2.13. The highest BCUT2D eigenvalue weighted by Crippen LogP contribution is 2.64. The van der Waals surface area contributed by atoms with Crippen LogP contribution in [0.3, 0.4) is 0 Å². The van der Waals surface area contributed by atoms with E-state index in [9.17, 15) is 19.5 Å². The molecule has 3 aromatic carbocycles. The lowest BCUT2D eigenvalue weighted by atomic mass is 9.47. The van der Waals surface area contributed by atoms with Crippen LogP contribution in [0.1, 0.15) is 28.2 Å². The highest BCUT2D eigenvalue weighted by molar-refractivity contribution is 6.38. The lowest BCUT2D eigenvalue weighted by molar-refractivity contribution is -0.149. The van der Waals surface area contributed by atoms with Gasteiger partial charge in [0.1, 0.15) is 5.41 Å². The predicted molar refractivity (Wildman–Crippen MR) is 119 cm³/mol. The Morgan fingerprint density at radius 2 is 1.47 bits per heavy atom. The average molecular weight is 464 g/mol. The van der Waals surface area contributed by atoms with Crippen LogP contribution in [0.2, 0.25) is 10.0 Å². The second-order valence-corrected chi connectivity index (χ2v) is 9.22. The number of carboxylic acid groups (broad SMARTS) is 1. The molecule has 4 aliphatic rings. The molecule has 2 amide bonds. The number of nitrogens with zero attached hydrogens (tertiary/aromatic N) is 1. The molecule has 0 saturated carbocycles. The molecule has 3 aromatic rings. The van der Waals surface area contributed by atoms with E-state index in [4.69, 9.17) is 23.2 Å². The fourth-order valence-electron chi connectivity index (χ4n) is 6.04. The molecule has 0 unspecified atom stereocenters. The summed E-state index contributed by atoms with van der Waals surface area (Å²) in [6, 6.07) is 19.0. The quantitative estimate of drug-likeness (QED) is 0.562. The Labute approximate surface area is 193 Å². The number of carbonyl (C=O) groups excluding carboxylic acids is 2. The van der Waals surface area contributed by atoms with Crippen LogP contribution >= 0.6 is 23.2 Å². The molecule has 32 heavy (non-hydrogen) atoms. The number of benzene rings is 3. The Kier molecular flexibility index (Phi) is 3.93. The summed E-state index contributed by atoms with van der Waals surface area (Å²) < 4.78 is 0. The van der Waals surface area contributed by atoms with Crippen LogP contribution < -0.4 is 4.90 Å². The van der Waals surface area contributed by atoms with Gasteiger partial charge in [-0.15, -0.1) is 0 Å². The van der Waals surface area contributed by atoms with Crippen molar-refractivity contribution in [2.24, 2.45) is 11.8 Å². The van der Waals surface area contributed by atoms with E-state index in [2.05, 4.69) is 0 Å². The number of hydrogen-bond donors (Lipinski definition) is 1. The van der Waals surface area contributed by atoms with E-state index in [1.54, 1.807) is 30.3 Å². The summed E-state index contributed by atoms with van der Waals surface area (Å²) in [6.45, 7) is 0. The first-order valence-electron chi connectivity index (χ1n) is 10.1. The van der Waals surface area contributed by atoms with Gasteiger partial charge in [0, 0.05) is 10.9 Å². The fraction of sp³-hybridized carbons (Fsp3) is 0.160. The summed E-state index contributed by atoms with van der Waals surface area (Å²) in [5.41, 5.74) is 1.26. The molecular formula is C25H15Cl2NO4. The molecule has 1 aliphatic heterocycles. The number of imide groups is 1. The molecule has 0 radical (unpaired) electrons. The van der Waals surface area contributed by atoms with Crippen molar-refractivity contribution < 1.29 is 19.5 Å². The maximum Gasteiger partial charge on any atom is 0.319 e. The third-order valence-electron chi connectivity index (χ3n) is 7.11. The minimum atomic E-state index is -1.66. The van der Waals surface area contributed by atoms with Crippen LogP contribution in [-0.4, -0.2) is 22.9 Å². The van der Waals surface area contributed by atoms with Gasteiger partial charge in [0.05, 0.1) is 22.5 Å². The van der Waals surface area contributed by atoms with Gasteiger partial charge in [-0.3, -0.25) is 14.4 Å². The second-order valence-electron chi connectivity index (χ2n) is 8.38. The highest BCUT2D eigenvalue weighted by atomic mass is 35.5. The molecule has 0 spiro atoms. The Hall–Kier alpha value is -3.15. The molecule has 0 aromatic heterocycles. The van der Waals surface area contributed by atoms with Crippen molar-refractivity contribution in [3.8, 4) is 0 Å². The van der Waals surface area contributed by atoms with Crippen molar-refractivity contribution in [2.75, 3.05) is 4.90 Å².